The van der Waals surface area contributed by atoms with Gasteiger partial charge in [-0.3, -0.25) is 4.79 Å². The van der Waals surface area contributed by atoms with Gasteiger partial charge in [0.25, 0.3) is 5.91 Å². The lowest BCUT2D eigenvalue weighted by Crippen LogP contribution is -2.52. The van der Waals surface area contributed by atoms with E-state index >= 15 is 0 Å². The molecular formula is C23H25N3O. The molecule has 3 aromatic rings. The van der Waals surface area contributed by atoms with Gasteiger partial charge in [0.2, 0.25) is 0 Å². The average molecular weight is 359 g/mol. The third-order valence-electron chi connectivity index (χ3n) is 6.53. The minimum absolute atomic E-state index is 0.152. The molecule has 1 amide bonds. The van der Waals surface area contributed by atoms with Crippen molar-refractivity contribution >= 4 is 11.4 Å². The van der Waals surface area contributed by atoms with Gasteiger partial charge < -0.3 is 4.90 Å². The van der Waals surface area contributed by atoms with Crippen LogP contribution in [0.2, 0.25) is 0 Å². The predicted octanol–water partition coefficient (Wildman–Crippen LogP) is 4.52. The van der Waals surface area contributed by atoms with Crippen LogP contribution in [0.4, 0.5) is 0 Å². The quantitative estimate of drug-likeness (QED) is 0.674. The maximum atomic E-state index is 13.4. The molecule has 2 aliphatic rings. The van der Waals surface area contributed by atoms with E-state index in [1.54, 1.807) is 10.7 Å². The van der Waals surface area contributed by atoms with Gasteiger partial charge in [-0.2, -0.15) is 5.10 Å². The number of piperidine rings is 1. The molecule has 27 heavy (non-hydrogen) atoms. The first-order valence-corrected chi connectivity index (χ1v) is 10.1. The highest BCUT2D eigenvalue weighted by Gasteiger charge is 2.42. The molecule has 1 saturated heterocycles. The van der Waals surface area contributed by atoms with Crippen molar-refractivity contribution in [3.05, 3.63) is 72.1 Å². The summed E-state index contributed by atoms with van der Waals surface area (Å²) in [7, 11) is 0. The highest BCUT2D eigenvalue weighted by atomic mass is 16.2. The third-order valence-corrected chi connectivity index (χ3v) is 6.53. The number of carbonyl (C=O) groups excluding carboxylic acids is 1. The first-order valence-electron chi connectivity index (χ1n) is 10.1. The Hall–Kier alpha value is -2.62. The van der Waals surface area contributed by atoms with Crippen LogP contribution in [-0.2, 0) is 0 Å². The minimum atomic E-state index is 0.152. The van der Waals surface area contributed by atoms with Crippen LogP contribution >= 0.6 is 0 Å². The van der Waals surface area contributed by atoms with E-state index in [-0.39, 0.29) is 5.91 Å². The lowest BCUT2D eigenvalue weighted by Gasteiger charge is -2.48. The van der Waals surface area contributed by atoms with Crippen LogP contribution in [0.5, 0.6) is 0 Å². The van der Waals surface area contributed by atoms with Crippen LogP contribution in [0.25, 0.3) is 5.52 Å². The first-order chi connectivity index (χ1) is 13.3. The SMILES string of the molecule is O=C(c1cnn2ccccc12)N1CC[C@H](c2ccccc2)[C@H]2CCCC[C@H]21. The molecule has 0 radical (unpaired) electrons. The van der Waals surface area contributed by atoms with Crippen molar-refractivity contribution in [2.45, 2.75) is 44.1 Å². The number of aromatic nitrogens is 2. The summed E-state index contributed by atoms with van der Waals surface area (Å²) in [5.41, 5.74) is 3.08. The fourth-order valence-electron chi connectivity index (χ4n) is 5.27. The summed E-state index contributed by atoms with van der Waals surface area (Å²) in [5, 5.41) is 4.37. The Morgan fingerprint density at radius 1 is 0.963 bits per heavy atom. The van der Waals surface area contributed by atoms with Crippen molar-refractivity contribution in [1.29, 1.82) is 0 Å². The van der Waals surface area contributed by atoms with Gasteiger partial charge in [0.05, 0.1) is 17.3 Å². The molecular weight excluding hydrogens is 334 g/mol. The van der Waals surface area contributed by atoms with E-state index in [0.717, 1.165) is 30.5 Å². The Morgan fingerprint density at radius 2 is 1.78 bits per heavy atom. The largest absolute Gasteiger partial charge is 0.335 e. The van der Waals surface area contributed by atoms with E-state index in [9.17, 15) is 4.79 Å². The molecule has 4 nitrogen and oxygen atoms in total. The normalized spacial score (nSPS) is 25.3. The van der Waals surface area contributed by atoms with E-state index < -0.39 is 0 Å². The number of pyridine rings is 1. The summed E-state index contributed by atoms with van der Waals surface area (Å²) in [4.78, 5) is 15.6. The molecule has 1 saturated carbocycles. The van der Waals surface area contributed by atoms with E-state index in [4.69, 9.17) is 0 Å². The van der Waals surface area contributed by atoms with Gasteiger partial charge >= 0.3 is 0 Å². The lowest BCUT2D eigenvalue weighted by atomic mass is 9.69. The van der Waals surface area contributed by atoms with Crippen molar-refractivity contribution in [3.8, 4) is 0 Å². The Kier molecular flexibility index (Phi) is 4.19. The molecule has 0 spiro atoms. The van der Waals surface area contributed by atoms with Crippen LogP contribution in [0.3, 0.4) is 0 Å². The minimum Gasteiger partial charge on any atom is -0.335 e. The number of hydrogen-bond acceptors (Lipinski definition) is 2. The van der Waals surface area contributed by atoms with E-state index in [1.165, 1.54) is 24.8 Å². The Labute approximate surface area is 159 Å². The van der Waals surface area contributed by atoms with Crippen molar-refractivity contribution < 1.29 is 4.79 Å². The summed E-state index contributed by atoms with van der Waals surface area (Å²) in [6.45, 7) is 0.837. The third kappa shape index (κ3) is 2.84. The van der Waals surface area contributed by atoms with Crippen LogP contribution in [0.1, 0.15) is 53.9 Å². The summed E-state index contributed by atoms with van der Waals surface area (Å²) < 4.78 is 1.79. The van der Waals surface area contributed by atoms with Crippen molar-refractivity contribution in [1.82, 2.24) is 14.5 Å². The number of amides is 1. The maximum absolute atomic E-state index is 13.4. The van der Waals surface area contributed by atoms with Gasteiger partial charge in [0.1, 0.15) is 0 Å². The Morgan fingerprint density at radius 3 is 2.67 bits per heavy atom. The smallest absolute Gasteiger partial charge is 0.257 e. The van der Waals surface area contributed by atoms with Gasteiger partial charge in [0.15, 0.2) is 0 Å². The number of rotatable bonds is 2. The van der Waals surface area contributed by atoms with Crippen LogP contribution in [-0.4, -0.2) is 33.0 Å². The summed E-state index contributed by atoms with van der Waals surface area (Å²) in [6.07, 6.45) is 9.54. The second-order valence-corrected chi connectivity index (χ2v) is 7.91. The molecule has 2 fully saturated rings. The van der Waals surface area contributed by atoms with E-state index in [2.05, 4.69) is 40.3 Å². The van der Waals surface area contributed by atoms with Crippen molar-refractivity contribution in [2.75, 3.05) is 6.54 Å². The zero-order valence-electron chi connectivity index (χ0n) is 15.5. The highest BCUT2D eigenvalue weighted by molar-refractivity contribution is 6.00. The number of benzene rings is 1. The molecule has 1 aromatic carbocycles. The maximum Gasteiger partial charge on any atom is 0.257 e. The molecule has 4 heteroatoms. The van der Waals surface area contributed by atoms with Crippen LogP contribution < -0.4 is 0 Å². The second-order valence-electron chi connectivity index (χ2n) is 7.91. The van der Waals surface area contributed by atoms with Gasteiger partial charge in [-0.05, 0) is 48.8 Å². The number of likely N-dealkylation sites (tertiary alicyclic amines) is 1. The molecule has 0 unspecified atom stereocenters. The van der Waals surface area contributed by atoms with Crippen molar-refractivity contribution in [3.63, 3.8) is 0 Å². The number of fused-ring (bicyclic) bond motifs is 2. The molecule has 1 aliphatic heterocycles. The van der Waals surface area contributed by atoms with Crippen molar-refractivity contribution in [2.24, 2.45) is 5.92 Å². The number of carbonyl (C=O) groups is 1. The molecule has 138 valence electrons. The standard InChI is InChI=1S/C23H25N3O/c27-23(20-16-24-26-14-7-6-12-22(20)26)25-15-13-18(17-8-2-1-3-9-17)19-10-4-5-11-21(19)25/h1-3,6-9,12,14,16,18-19,21H,4-5,10-11,13,15H2/t18-,19-,21-/m1/s1. The highest BCUT2D eigenvalue weighted by Crippen LogP contribution is 2.44. The van der Waals surface area contributed by atoms with Crippen LogP contribution in [0, 0.1) is 5.92 Å². The van der Waals surface area contributed by atoms with Crippen LogP contribution in [0.15, 0.2) is 60.9 Å². The Bertz CT molecular complexity index is 948. The van der Waals surface area contributed by atoms with Gasteiger partial charge in [-0.25, -0.2) is 4.52 Å². The Balaban J connectivity index is 1.46. The van der Waals surface area contributed by atoms with E-state index in [1.807, 2.05) is 24.4 Å². The molecule has 0 bridgehead atoms. The van der Waals surface area contributed by atoms with Gasteiger partial charge in [-0.15, -0.1) is 0 Å². The lowest BCUT2D eigenvalue weighted by molar-refractivity contribution is 0.0321. The zero-order valence-corrected chi connectivity index (χ0v) is 15.5. The van der Waals surface area contributed by atoms with Gasteiger partial charge in [0, 0.05) is 18.8 Å². The fourth-order valence-corrected chi connectivity index (χ4v) is 5.27. The summed E-state index contributed by atoms with van der Waals surface area (Å²) in [5.74, 6) is 1.30. The molecule has 0 N–H and O–H groups in total. The van der Waals surface area contributed by atoms with Gasteiger partial charge in [-0.1, -0.05) is 49.2 Å². The molecule has 3 heterocycles. The number of hydrogen-bond donors (Lipinski definition) is 0. The molecule has 2 aromatic heterocycles. The number of nitrogens with zero attached hydrogens (tertiary/aromatic N) is 3. The molecule has 1 aliphatic carbocycles. The fraction of sp³-hybridized carbons (Fsp3) is 0.391. The first kappa shape index (κ1) is 16.5. The predicted molar refractivity (Wildman–Crippen MR) is 106 cm³/mol. The monoisotopic (exact) mass is 359 g/mol. The second kappa shape index (κ2) is 6.84. The molecule has 5 rings (SSSR count). The molecule has 3 atom stereocenters. The summed E-state index contributed by atoms with van der Waals surface area (Å²) in [6, 6.07) is 17.1. The zero-order chi connectivity index (χ0) is 18.2. The average Bonchev–Trinajstić information content (AvgIpc) is 3.17. The topological polar surface area (TPSA) is 37.6 Å². The van der Waals surface area contributed by atoms with E-state index in [0.29, 0.717) is 17.9 Å². The summed E-state index contributed by atoms with van der Waals surface area (Å²) >= 11 is 0.